The number of benzene rings is 2. The highest BCUT2D eigenvalue weighted by atomic mass is 19.4. The van der Waals surface area contributed by atoms with Crippen LogP contribution in [0.3, 0.4) is 0 Å². The van der Waals surface area contributed by atoms with E-state index in [1.807, 2.05) is 0 Å². The third-order valence-corrected chi connectivity index (χ3v) is 3.59. The summed E-state index contributed by atoms with van der Waals surface area (Å²) in [4.78, 5) is 0. The van der Waals surface area contributed by atoms with Gasteiger partial charge in [-0.2, -0.15) is 26.3 Å². The highest BCUT2D eigenvalue weighted by molar-refractivity contribution is 5.76. The minimum Gasteiger partial charge on any atom is -0.453 e. The van der Waals surface area contributed by atoms with Crippen molar-refractivity contribution < 1.29 is 36.2 Å². The van der Waals surface area contributed by atoms with E-state index >= 15 is 0 Å². The third kappa shape index (κ3) is 2.35. The SMILES string of the molecule is OC(c1ccc2c(c1)Nc1ccccc1O2)(C(F)(F)F)C(F)(F)F. The average molecular weight is 349 g/mol. The van der Waals surface area contributed by atoms with E-state index in [4.69, 9.17) is 4.74 Å². The number of aliphatic hydroxyl groups is 1. The van der Waals surface area contributed by atoms with Crippen molar-refractivity contribution in [2.75, 3.05) is 5.32 Å². The number of halogens is 6. The molecular weight excluding hydrogens is 340 g/mol. The lowest BCUT2D eigenvalue weighted by Gasteiger charge is -2.33. The van der Waals surface area contributed by atoms with E-state index < -0.39 is 23.5 Å². The summed E-state index contributed by atoms with van der Waals surface area (Å²) in [6.07, 6.45) is -11.9. The molecule has 0 unspecified atom stereocenters. The molecule has 0 bridgehead atoms. The molecule has 0 saturated carbocycles. The zero-order chi connectivity index (χ0) is 17.8. The molecule has 1 heterocycles. The van der Waals surface area contributed by atoms with Crippen LogP contribution in [0.1, 0.15) is 5.56 Å². The van der Waals surface area contributed by atoms with Gasteiger partial charge in [-0.05, 0) is 24.3 Å². The lowest BCUT2D eigenvalue weighted by atomic mass is 9.91. The van der Waals surface area contributed by atoms with Gasteiger partial charge in [-0.15, -0.1) is 0 Å². The Morgan fingerprint density at radius 3 is 2.00 bits per heavy atom. The molecule has 0 saturated heterocycles. The Morgan fingerprint density at radius 1 is 0.792 bits per heavy atom. The first-order valence-corrected chi connectivity index (χ1v) is 6.58. The number of hydrogen-bond donors (Lipinski definition) is 2. The lowest BCUT2D eigenvalue weighted by Crippen LogP contribution is -2.53. The molecule has 0 radical (unpaired) electrons. The molecule has 2 aromatic rings. The highest BCUT2D eigenvalue weighted by Crippen LogP contribution is 2.52. The normalized spacial score (nSPS) is 14.3. The molecule has 1 aliphatic heterocycles. The maximum atomic E-state index is 12.9. The summed E-state index contributed by atoms with van der Waals surface area (Å²) in [5.41, 5.74) is -6.06. The van der Waals surface area contributed by atoms with E-state index in [9.17, 15) is 31.4 Å². The molecule has 0 aliphatic carbocycles. The number of para-hydroxylation sites is 2. The number of anilines is 2. The summed E-state index contributed by atoms with van der Waals surface area (Å²) in [6, 6.07) is 8.46. The van der Waals surface area contributed by atoms with Gasteiger partial charge in [0, 0.05) is 5.56 Å². The third-order valence-electron chi connectivity index (χ3n) is 3.59. The number of nitrogens with one attached hydrogen (secondary N) is 1. The number of alkyl halides is 6. The highest BCUT2D eigenvalue weighted by Gasteiger charge is 2.71. The van der Waals surface area contributed by atoms with Gasteiger partial charge in [0.15, 0.2) is 11.5 Å². The quantitative estimate of drug-likeness (QED) is 0.617. The summed E-state index contributed by atoms with van der Waals surface area (Å²) in [5.74, 6) is 0.420. The molecular formula is C15H9F6NO2. The van der Waals surface area contributed by atoms with Crippen LogP contribution in [0.2, 0.25) is 0 Å². The second-order valence-electron chi connectivity index (χ2n) is 5.14. The Morgan fingerprint density at radius 2 is 1.38 bits per heavy atom. The zero-order valence-electron chi connectivity index (χ0n) is 11.7. The van der Waals surface area contributed by atoms with Crippen molar-refractivity contribution in [3.63, 3.8) is 0 Å². The Hall–Kier alpha value is -2.42. The van der Waals surface area contributed by atoms with E-state index in [1.54, 1.807) is 24.3 Å². The molecule has 9 heteroatoms. The summed E-state index contributed by atoms with van der Waals surface area (Å²) in [5, 5.41) is 12.1. The van der Waals surface area contributed by atoms with Crippen molar-refractivity contribution in [3.05, 3.63) is 48.0 Å². The van der Waals surface area contributed by atoms with Crippen molar-refractivity contribution in [1.29, 1.82) is 0 Å². The van der Waals surface area contributed by atoms with Crippen LogP contribution in [-0.4, -0.2) is 17.5 Å². The Kier molecular flexibility index (Phi) is 3.45. The number of ether oxygens (including phenoxy) is 1. The maximum absolute atomic E-state index is 12.9. The second-order valence-corrected chi connectivity index (χ2v) is 5.14. The predicted molar refractivity (Wildman–Crippen MR) is 72.2 cm³/mol. The van der Waals surface area contributed by atoms with Gasteiger partial charge in [-0.3, -0.25) is 0 Å². The molecule has 2 aromatic carbocycles. The van der Waals surface area contributed by atoms with Crippen LogP contribution in [0.5, 0.6) is 11.5 Å². The largest absolute Gasteiger partial charge is 0.453 e. The topological polar surface area (TPSA) is 41.5 Å². The summed E-state index contributed by atoms with van der Waals surface area (Å²) in [7, 11) is 0. The first-order valence-electron chi connectivity index (χ1n) is 6.58. The Balaban J connectivity index is 2.09. The van der Waals surface area contributed by atoms with Gasteiger partial charge in [0.2, 0.25) is 0 Å². The minimum atomic E-state index is -5.94. The molecule has 2 N–H and O–H groups in total. The van der Waals surface area contributed by atoms with Crippen molar-refractivity contribution in [2.24, 2.45) is 0 Å². The molecule has 3 nitrogen and oxygen atoms in total. The van der Waals surface area contributed by atoms with Gasteiger partial charge >= 0.3 is 12.4 Å². The minimum absolute atomic E-state index is 0.0455. The van der Waals surface area contributed by atoms with E-state index in [-0.39, 0.29) is 11.4 Å². The van der Waals surface area contributed by atoms with Crippen molar-refractivity contribution >= 4 is 11.4 Å². The molecule has 0 aromatic heterocycles. The monoisotopic (exact) mass is 349 g/mol. The van der Waals surface area contributed by atoms with Crippen LogP contribution in [0.4, 0.5) is 37.7 Å². The van der Waals surface area contributed by atoms with Gasteiger partial charge in [-0.25, -0.2) is 0 Å². The van der Waals surface area contributed by atoms with E-state index in [0.717, 1.165) is 6.07 Å². The zero-order valence-corrected chi connectivity index (χ0v) is 11.7. The molecule has 1 aliphatic rings. The van der Waals surface area contributed by atoms with E-state index in [2.05, 4.69) is 5.32 Å². The molecule has 3 rings (SSSR count). The Bertz CT molecular complexity index is 770. The lowest BCUT2D eigenvalue weighted by molar-refractivity contribution is -0.376. The maximum Gasteiger partial charge on any atom is 0.430 e. The van der Waals surface area contributed by atoms with Crippen LogP contribution in [-0.2, 0) is 5.60 Å². The van der Waals surface area contributed by atoms with Gasteiger partial charge < -0.3 is 15.2 Å². The van der Waals surface area contributed by atoms with E-state index in [0.29, 0.717) is 23.6 Å². The number of fused-ring (bicyclic) bond motifs is 2. The van der Waals surface area contributed by atoms with Crippen LogP contribution < -0.4 is 10.1 Å². The van der Waals surface area contributed by atoms with Crippen LogP contribution in [0.25, 0.3) is 0 Å². The van der Waals surface area contributed by atoms with Crippen LogP contribution >= 0.6 is 0 Å². The smallest absolute Gasteiger partial charge is 0.430 e. The molecule has 128 valence electrons. The first-order chi connectivity index (χ1) is 11.0. The fraction of sp³-hybridized carbons (Fsp3) is 0.200. The molecule has 0 amide bonds. The summed E-state index contributed by atoms with van der Waals surface area (Å²) >= 11 is 0. The Labute approximate surface area is 131 Å². The molecule has 0 fully saturated rings. The summed E-state index contributed by atoms with van der Waals surface area (Å²) < 4.78 is 83.0. The van der Waals surface area contributed by atoms with Crippen molar-refractivity contribution in [3.8, 4) is 11.5 Å². The van der Waals surface area contributed by atoms with E-state index in [1.165, 1.54) is 0 Å². The molecule has 24 heavy (non-hydrogen) atoms. The molecule has 0 spiro atoms. The summed E-state index contributed by atoms with van der Waals surface area (Å²) in [6.45, 7) is 0. The van der Waals surface area contributed by atoms with Crippen molar-refractivity contribution in [1.82, 2.24) is 0 Å². The van der Waals surface area contributed by atoms with Crippen LogP contribution in [0, 0.1) is 0 Å². The standard InChI is InChI=1S/C15H9F6NO2/c16-14(17,18)13(23,15(19,20)21)8-5-6-12-10(7-8)22-9-3-1-2-4-11(9)24-12/h1-7,22-23H. The van der Waals surface area contributed by atoms with Gasteiger partial charge in [0.05, 0.1) is 11.4 Å². The number of rotatable bonds is 1. The average Bonchev–Trinajstić information content (AvgIpc) is 2.49. The fourth-order valence-corrected chi connectivity index (χ4v) is 2.35. The molecule has 0 atom stereocenters. The first kappa shape index (κ1) is 16.4. The van der Waals surface area contributed by atoms with Crippen LogP contribution in [0.15, 0.2) is 42.5 Å². The van der Waals surface area contributed by atoms with Gasteiger partial charge in [0.25, 0.3) is 5.60 Å². The van der Waals surface area contributed by atoms with Gasteiger partial charge in [0.1, 0.15) is 0 Å². The number of hydrogen-bond acceptors (Lipinski definition) is 3. The fourth-order valence-electron chi connectivity index (χ4n) is 2.35. The van der Waals surface area contributed by atoms with Crippen molar-refractivity contribution in [2.45, 2.75) is 18.0 Å². The van der Waals surface area contributed by atoms with Gasteiger partial charge in [-0.1, -0.05) is 18.2 Å². The second kappa shape index (κ2) is 5.04. The predicted octanol–water partition coefficient (Wildman–Crippen LogP) is 4.85.